The Balaban J connectivity index is 1.64. The standard InChI is InChI=1S/C18H18FNO2/c19-16-7-3-4-8-17(16)20-18(21)13-9-11-15(12-10-13)22-14-5-1-2-6-14/h3-4,7-12,14H,1-2,5-6H2,(H,20,21). The Bertz CT molecular complexity index is 648. The predicted molar refractivity (Wildman–Crippen MR) is 83.7 cm³/mol. The van der Waals surface area contributed by atoms with Gasteiger partial charge in [0.05, 0.1) is 11.8 Å². The molecule has 4 heteroatoms. The molecule has 2 aromatic carbocycles. The van der Waals surface area contributed by atoms with E-state index in [4.69, 9.17) is 4.74 Å². The minimum atomic E-state index is -0.447. The number of carbonyl (C=O) groups is 1. The number of carbonyl (C=O) groups excluding carboxylic acids is 1. The molecule has 0 aliphatic heterocycles. The Morgan fingerprint density at radius 2 is 1.73 bits per heavy atom. The van der Waals surface area contributed by atoms with Crippen LogP contribution in [0.5, 0.6) is 5.75 Å². The molecule has 0 bridgehead atoms. The number of amides is 1. The van der Waals surface area contributed by atoms with E-state index in [0.717, 1.165) is 18.6 Å². The maximum absolute atomic E-state index is 13.5. The largest absolute Gasteiger partial charge is 0.490 e. The molecule has 3 nitrogen and oxygen atoms in total. The molecule has 1 amide bonds. The van der Waals surface area contributed by atoms with E-state index >= 15 is 0 Å². The summed E-state index contributed by atoms with van der Waals surface area (Å²) in [5, 5.41) is 2.56. The van der Waals surface area contributed by atoms with Gasteiger partial charge in [0.1, 0.15) is 11.6 Å². The van der Waals surface area contributed by atoms with Crippen molar-refractivity contribution in [3.8, 4) is 5.75 Å². The van der Waals surface area contributed by atoms with Crippen LogP contribution in [0.25, 0.3) is 0 Å². The van der Waals surface area contributed by atoms with Gasteiger partial charge in [-0.15, -0.1) is 0 Å². The van der Waals surface area contributed by atoms with Crippen molar-refractivity contribution < 1.29 is 13.9 Å². The summed E-state index contributed by atoms with van der Waals surface area (Å²) >= 11 is 0. The second-order valence-corrected chi connectivity index (χ2v) is 5.48. The van der Waals surface area contributed by atoms with Crippen LogP contribution in [0.15, 0.2) is 48.5 Å². The molecule has 0 unspecified atom stereocenters. The van der Waals surface area contributed by atoms with Crippen molar-refractivity contribution in [3.05, 3.63) is 59.9 Å². The lowest BCUT2D eigenvalue weighted by Gasteiger charge is -2.13. The van der Waals surface area contributed by atoms with Gasteiger partial charge in [-0.05, 0) is 62.1 Å². The molecule has 22 heavy (non-hydrogen) atoms. The molecule has 0 saturated heterocycles. The predicted octanol–water partition coefficient (Wildman–Crippen LogP) is 4.40. The number of anilines is 1. The van der Waals surface area contributed by atoms with Crippen LogP contribution in [-0.2, 0) is 0 Å². The zero-order valence-electron chi connectivity index (χ0n) is 12.2. The van der Waals surface area contributed by atoms with Gasteiger partial charge >= 0.3 is 0 Å². The highest BCUT2D eigenvalue weighted by atomic mass is 19.1. The molecule has 1 aliphatic carbocycles. The zero-order chi connectivity index (χ0) is 15.4. The third kappa shape index (κ3) is 3.45. The minimum Gasteiger partial charge on any atom is -0.490 e. The maximum atomic E-state index is 13.5. The maximum Gasteiger partial charge on any atom is 0.255 e. The summed E-state index contributed by atoms with van der Waals surface area (Å²) in [5.41, 5.74) is 0.654. The first-order chi connectivity index (χ1) is 10.7. The van der Waals surface area contributed by atoms with E-state index < -0.39 is 5.82 Å². The van der Waals surface area contributed by atoms with E-state index in [0.29, 0.717) is 5.56 Å². The quantitative estimate of drug-likeness (QED) is 0.908. The summed E-state index contributed by atoms with van der Waals surface area (Å²) in [6.07, 6.45) is 4.91. The van der Waals surface area contributed by atoms with Crippen LogP contribution >= 0.6 is 0 Å². The van der Waals surface area contributed by atoms with Gasteiger partial charge in [-0.2, -0.15) is 0 Å². The highest BCUT2D eigenvalue weighted by molar-refractivity contribution is 6.04. The van der Waals surface area contributed by atoms with Crippen LogP contribution in [-0.4, -0.2) is 12.0 Å². The molecule has 1 saturated carbocycles. The van der Waals surface area contributed by atoms with E-state index in [9.17, 15) is 9.18 Å². The topological polar surface area (TPSA) is 38.3 Å². The van der Waals surface area contributed by atoms with Crippen molar-refractivity contribution in [2.45, 2.75) is 31.8 Å². The fourth-order valence-corrected chi connectivity index (χ4v) is 2.64. The highest BCUT2D eigenvalue weighted by Crippen LogP contribution is 2.24. The molecule has 0 aromatic heterocycles. The number of benzene rings is 2. The molecular weight excluding hydrogens is 281 g/mol. The molecule has 114 valence electrons. The first-order valence-corrected chi connectivity index (χ1v) is 7.55. The van der Waals surface area contributed by atoms with Gasteiger partial charge in [-0.25, -0.2) is 4.39 Å². The van der Waals surface area contributed by atoms with Crippen LogP contribution in [0.3, 0.4) is 0 Å². The van der Waals surface area contributed by atoms with E-state index in [1.54, 1.807) is 36.4 Å². The second-order valence-electron chi connectivity index (χ2n) is 5.48. The first-order valence-electron chi connectivity index (χ1n) is 7.55. The van der Waals surface area contributed by atoms with E-state index in [2.05, 4.69) is 5.32 Å². The van der Waals surface area contributed by atoms with Crippen molar-refractivity contribution in [1.82, 2.24) is 0 Å². The van der Waals surface area contributed by atoms with Crippen molar-refractivity contribution in [2.24, 2.45) is 0 Å². The Hall–Kier alpha value is -2.36. The molecule has 1 N–H and O–H groups in total. The highest BCUT2D eigenvalue weighted by Gasteiger charge is 2.16. The van der Waals surface area contributed by atoms with Crippen LogP contribution < -0.4 is 10.1 Å². The Labute approximate surface area is 129 Å². The van der Waals surface area contributed by atoms with Gasteiger partial charge in [0.2, 0.25) is 0 Å². The third-order valence-corrected chi connectivity index (χ3v) is 3.84. The van der Waals surface area contributed by atoms with Crippen molar-refractivity contribution in [3.63, 3.8) is 0 Å². The molecule has 1 fully saturated rings. The normalized spacial score (nSPS) is 14.8. The molecule has 2 aromatic rings. The molecule has 0 spiro atoms. The average Bonchev–Trinajstić information content (AvgIpc) is 3.03. The summed E-state index contributed by atoms with van der Waals surface area (Å²) in [6.45, 7) is 0. The van der Waals surface area contributed by atoms with Gasteiger partial charge < -0.3 is 10.1 Å². The first kappa shape index (κ1) is 14.6. The third-order valence-electron chi connectivity index (χ3n) is 3.84. The lowest BCUT2D eigenvalue weighted by Crippen LogP contribution is -2.13. The van der Waals surface area contributed by atoms with Crippen LogP contribution in [0.4, 0.5) is 10.1 Å². The lowest BCUT2D eigenvalue weighted by atomic mass is 10.2. The van der Waals surface area contributed by atoms with Gasteiger partial charge in [0.15, 0.2) is 0 Å². The summed E-state index contributed by atoms with van der Waals surface area (Å²) in [5.74, 6) is -0.0103. The molecule has 0 atom stereocenters. The number of hydrogen-bond acceptors (Lipinski definition) is 2. The molecule has 1 aliphatic rings. The number of rotatable bonds is 4. The summed E-state index contributed by atoms with van der Waals surface area (Å²) in [4.78, 5) is 12.1. The molecular formula is C18H18FNO2. The average molecular weight is 299 g/mol. The fraction of sp³-hybridized carbons (Fsp3) is 0.278. The van der Waals surface area contributed by atoms with Gasteiger partial charge in [0, 0.05) is 5.56 Å². The molecule has 0 heterocycles. The van der Waals surface area contributed by atoms with Crippen molar-refractivity contribution in [2.75, 3.05) is 5.32 Å². The van der Waals surface area contributed by atoms with Gasteiger partial charge in [0.25, 0.3) is 5.91 Å². The molecule has 3 rings (SSSR count). The van der Waals surface area contributed by atoms with E-state index in [-0.39, 0.29) is 17.7 Å². The second kappa shape index (κ2) is 6.60. The minimum absolute atomic E-state index is 0.179. The number of para-hydroxylation sites is 1. The molecule has 0 radical (unpaired) electrons. The van der Waals surface area contributed by atoms with Crippen LogP contribution in [0.2, 0.25) is 0 Å². The monoisotopic (exact) mass is 299 g/mol. The fourth-order valence-electron chi connectivity index (χ4n) is 2.64. The smallest absolute Gasteiger partial charge is 0.255 e. The zero-order valence-corrected chi connectivity index (χ0v) is 12.2. The SMILES string of the molecule is O=C(Nc1ccccc1F)c1ccc(OC2CCCC2)cc1. The van der Waals surface area contributed by atoms with Crippen LogP contribution in [0, 0.1) is 5.82 Å². The van der Waals surface area contributed by atoms with Crippen molar-refractivity contribution >= 4 is 11.6 Å². The van der Waals surface area contributed by atoms with Crippen molar-refractivity contribution in [1.29, 1.82) is 0 Å². The van der Waals surface area contributed by atoms with E-state index in [1.165, 1.54) is 25.0 Å². The lowest BCUT2D eigenvalue weighted by molar-refractivity contribution is 0.102. The van der Waals surface area contributed by atoms with E-state index in [1.807, 2.05) is 0 Å². The Morgan fingerprint density at radius 3 is 2.41 bits per heavy atom. The summed E-state index contributed by atoms with van der Waals surface area (Å²) in [7, 11) is 0. The summed E-state index contributed by atoms with van der Waals surface area (Å²) < 4.78 is 19.4. The number of nitrogens with one attached hydrogen (secondary N) is 1. The number of hydrogen-bond donors (Lipinski definition) is 1. The van der Waals surface area contributed by atoms with Gasteiger partial charge in [-0.1, -0.05) is 12.1 Å². The summed E-state index contributed by atoms with van der Waals surface area (Å²) in [6, 6.07) is 13.1. The Morgan fingerprint density at radius 1 is 1.05 bits per heavy atom. The number of halogens is 1. The van der Waals surface area contributed by atoms with Gasteiger partial charge in [-0.3, -0.25) is 4.79 Å². The van der Waals surface area contributed by atoms with Crippen LogP contribution in [0.1, 0.15) is 36.0 Å². The Kier molecular flexibility index (Phi) is 4.37. The number of ether oxygens (including phenoxy) is 1.